The lowest BCUT2D eigenvalue weighted by molar-refractivity contribution is -0.124. The number of anilines is 2. The molecule has 3 heterocycles. The Kier molecular flexibility index (Phi) is 6.69. The van der Waals surface area contributed by atoms with Gasteiger partial charge in [0.25, 0.3) is 11.5 Å². The maximum Gasteiger partial charge on any atom is 0.266 e. The Labute approximate surface area is 218 Å². The van der Waals surface area contributed by atoms with E-state index < -0.39 is 5.91 Å². The summed E-state index contributed by atoms with van der Waals surface area (Å²) in [5, 5.41) is 6.17. The molecule has 1 fully saturated rings. The first kappa shape index (κ1) is 24.8. The number of imide groups is 1. The van der Waals surface area contributed by atoms with Gasteiger partial charge in [0, 0.05) is 24.1 Å². The van der Waals surface area contributed by atoms with Crippen molar-refractivity contribution >= 4 is 40.6 Å². The predicted octanol–water partition coefficient (Wildman–Crippen LogP) is 2.85. The summed E-state index contributed by atoms with van der Waals surface area (Å²) < 4.78 is 1.67. The Hall–Kier alpha value is -4.86. The maximum absolute atomic E-state index is 13.6. The number of rotatable bonds is 7. The van der Waals surface area contributed by atoms with Gasteiger partial charge in [0.2, 0.25) is 11.9 Å². The molecule has 4 aromatic rings. The fourth-order valence-corrected chi connectivity index (χ4v) is 4.61. The summed E-state index contributed by atoms with van der Waals surface area (Å²) in [4.78, 5) is 50.6. The molecule has 1 aliphatic heterocycles. The number of carbonyl (C=O) groups is 2. The molecule has 0 saturated carbocycles. The highest BCUT2D eigenvalue weighted by molar-refractivity contribution is 6.15. The van der Waals surface area contributed by atoms with Gasteiger partial charge in [-0.15, -0.1) is 0 Å². The van der Waals surface area contributed by atoms with Crippen LogP contribution in [0.4, 0.5) is 11.8 Å². The van der Waals surface area contributed by atoms with Gasteiger partial charge in [0.05, 0.1) is 28.7 Å². The van der Waals surface area contributed by atoms with Crippen LogP contribution in [0.3, 0.4) is 0 Å². The van der Waals surface area contributed by atoms with Gasteiger partial charge in [0.1, 0.15) is 11.6 Å². The Morgan fingerprint density at radius 2 is 1.82 bits per heavy atom. The third-order valence-electron chi connectivity index (χ3n) is 6.43. The number of benzene rings is 2. The van der Waals surface area contributed by atoms with Gasteiger partial charge < -0.3 is 11.1 Å². The smallest absolute Gasteiger partial charge is 0.266 e. The second-order valence-electron chi connectivity index (χ2n) is 9.16. The van der Waals surface area contributed by atoms with Crippen molar-refractivity contribution in [2.24, 2.45) is 0 Å². The lowest BCUT2D eigenvalue weighted by Gasteiger charge is -2.15. The van der Waals surface area contributed by atoms with Crippen molar-refractivity contribution in [2.45, 2.75) is 33.1 Å². The molecule has 10 heteroatoms. The minimum atomic E-state index is -0.423. The van der Waals surface area contributed by atoms with E-state index in [-0.39, 0.29) is 23.8 Å². The number of nitrogens with two attached hydrogens (primary N) is 1. The van der Waals surface area contributed by atoms with Gasteiger partial charge in [0.15, 0.2) is 0 Å². The van der Waals surface area contributed by atoms with Crippen LogP contribution in [-0.4, -0.2) is 37.9 Å². The number of para-hydroxylation sites is 1. The van der Waals surface area contributed by atoms with E-state index in [2.05, 4.69) is 20.6 Å². The first-order valence-electron chi connectivity index (χ1n) is 12.3. The molecule has 2 aromatic carbocycles. The minimum absolute atomic E-state index is 0.00616. The first-order chi connectivity index (χ1) is 18.3. The fourth-order valence-electron chi connectivity index (χ4n) is 4.61. The quantitative estimate of drug-likeness (QED) is 0.196. The lowest BCUT2D eigenvalue weighted by atomic mass is 10.1. The summed E-state index contributed by atoms with van der Waals surface area (Å²) in [5.74, 6) is 0.463. The Bertz CT molecular complexity index is 1660. The number of aromatic nitrogens is 4. The highest BCUT2D eigenvalue weighted by Gasteiger charge is 2.25. The topological polar surface area (TPSA) is 145 Å². The summed E-state index contributed by atoms with van der Waals surface area (Å²) in [7, 11) is 0. The van der Waals surface area contributed by atoms with E-state index in [0.717, 1.165) is 11.3 Å². The van der Waals surface area contributed by atoms with Crippen molar-refractivity contribution in [1.82, 2.24) is 24.8 Å². The van der Waals surface area contributed by atoms with Gasteiger partial charge in [-0.05, 0) is 50.1 Å². The van der Waals surface area contributed by atoms with Crippen molar-refractivity contribution in [3.05, 3.63) is 87.1 Å². The van der Waals surface area contributed by atoms with E-state index in [0.29, 0.717) is 58.8 Å². The van der Waals surface area contributed by atoms with Gasteiger partial charge in [-0.3, -0.25) is 24.3 Å². The number of nitrogens with one attached hydrogen (secondary N) is 2. The third-order valence-corrected chi connectivity index (χ3v) is 6.43. The number of nitrogen functional groups attached to an aromatic ring is 1. The molecular weight excluding hydrogens is 482 g/mol. The number of nitrogens with zero attached hydrogens (tertiary/aromatic N) is 4. The molecule has 0 aliphatic carbocycles. The average molecular weight is 510 g/mol. The Balaban J connectivity index is 1.41. The Morgan fingerprint density at radius 3 is 2.55 bits per heavy atom. The van der Waals surface area contributed by atoms with Crippen LogP contribution in [0.1, 0.15) is 35.5 Å². The molecule has 38 heavy (non-hydrogen) atoms. The zero-order valence-corrected chi connectivity index (χ0v) is 21.1. The van der Waals surface area contributed by atoms with Gasteiger partial charge in [-0.25, -0.2) is 9.97 Å². The molecule has 0 spiro atoms. The van der Waals surface area contributed by atoms with E-state index in [1.165, 1.54) is 0 Å². The zero-order valence-electron chi connectivity index (χ0n) is 21.1. The second kappa shape index (κ2) is 10.3. The van der Waals surface area contributed by atoms with Crippen LogP contribution < -0.4 is 21.9 Å². The number of hydrogen-bond acceptors (Lipinski definition) is 8. The van der Waals surface area contributed by atoms with Crippen molar-refractivity contribution in [2.75, 3.05) is 17.6 Å². The molecule has 1 saturated heterocycles. The zero-order chi connectivity index (χ0) is 26.8. The van der Waals surface area contributed by atoms with Crippen molar-refractivity contribution < 1.29 is 9.59 Å². The fraction of sp³-hybridized carbons (Fsp3) is 0.214. The van der Waals surface area contributed by atoms with E-state index in [4.69, 9.17) is 10.7 Å². The number of hydrogen-bond donors (Lipinski definition) is 3. The summed E-state index contributed by atoms with van der Waals surface area (Å²) >= 11 is 0. The predicted molar refractivity (Wildman–Crippen MR) is 146 cm³/mol. The summed E-state index contributed by atoms with van der Waals surface area (Å²) in [5.41, 5.74) is 9.63. The average Bonchev–Trinajstić information content (AvgIpc) is 3.20. The number of aryl methyl sites for hydroxylation is 3. The molecule has 2 amide bonds. The molecule has 4 N–H and O–H groups in total. The van der Waals surface area contributed by atoms with E-state index in [1.54, 1.807) is 17.6 Å². The summed E-state index contributed by atoms with van der Waals surface area (Å²) in [6.45, 7) is 4.18. The standard InChI is InChI=1S/C28H27N7O3/c1-16-8-6-11-21-24(16)27(38)35(19-9-4-3-5-10-19)22(32-21)12-7-13-30-25-20(17(2)31-28(29)34-25)14-18-15-23(36)33-26(18)37/h3-6,8-11,14H,7,12-13,15H2,1-2H3,(H,33,36,37)(H3,29,30,31,34)/b18-14+. The van der Waals surface area contributed by atoms with Crippen LogP contribution in [0, 0.1) is 13.8 Å². The molecule has 2 aromatic heterocycles. The molecule has 1 aliphatic rings. The molecule has 0 bridgehead atoms. The van der Waals surface area contributed by atoms with Crippen LogP contribution in [0.25, 0.3) is 22.7 Å². The monoisotopic (exact) mass is 509 g/mol. The molecule has 10 nitrogen and oxygen atoms in total. The van der Waals surface area contributed by atoms with Crippen molar-refractivity contribution in [3.8, 4) is 5.69 Å². The van der Waals surface area contributed by atoms with Crippen molar-refractivity contribution in [3.63, 3.8) is 0 Å². The molecular formula is C28H27N7O3. The SMILES string of the molecule is Cc1nc(N)nc(NCCCc2nc3cccc(C)c3c(=O)n2-c2ccccc2)c1/C=C1\CC(=O)NC1=O. The number of amides is 2. The van der Waals surface area contributed by atoms with Gasteiger partial charge >= 0.3 is 0 Å². The van der Waals surface area contributed by atoms with Crippen LogP contribution in [-0.2, 0) is 16.0 Å². The Morgan fingerprint density at radius 1 is 1.03 bits per heavy atom. The van der Waals surface area contributed by atoms with Crippen LogP contribution in [0.2, 0.25) is 0 Å². The second-order valence-corrected chi connectivity index (χ2v) is 9.16. The summed E-state index contributed by atoms with van der Waals surface area (Å²) in [6, 6.07) is 15.2. The van der Waals surface area contributed by atoms with Crippen LogP contribution >= 0.6 is 0 Å². The lowest BCUT2D eigenvalue weighted by Crippen LogP contribution is -2.25. The van der Waals surface area contributed by atoms with Crippen molar-refractivity contribution in [1.29, 1.82) is 0 Å². The molecule has 0 radical (unpaired) electrons. The molecule has 0 atom stereocenters. The van der Waals surface area contributed by atoms with Gasteiger partial charge in [-0.2, -0.15) is 4.98 Å². The van der Waals surface area contributed by atoms with E-state index >= 15 is 0 Å². The number of fused-ring (bicyclic) bond motifs is 1. The maximum atomic E-state index is 13.6. The largest absolute Gasteiger partial charge is 0.369 e. The molecule has 192 valence electrons. The van der Waals surface area contributed by atoms with Crippen LogP contribution in [0.5, 0.6) is 0 Å². The molecule has 0 unspecified atom stereocenters. The van der Waals surface area contributed by atoms with Gasteiger partial charge in [-0.1, -0.05) is 30.3 Å². The van der Waals surface area contributed by atoms with E-state index in [1.807, 2.05) is 55.5 Å². The third kappa shape index (κ3) is 4.88. The summed E-state index contributed by atoms with van der Waals surface area (Å²) in [6.07, 6.45) is 2.78. The van der Waals surface area contributed by atoms with Crippen LogP contribution in [0.15, 0.2) is 58.9 Å². The highest BCUT2D eigenvalue weighted by atomic mass is 16.2. The highest BCUT2D eigenvalue weighted by Crippen LogP contribution is 2.24. The van der Waals surface area contributed by atoms with E-state index in [9.17, 15) is 14.4 Å². The minimum Gasteiger partial charge on any atom is -0.369 e. The number of carbonyl (C=O) groups excluding carboxylic acids is 2. The molecule has 5 rings (SSSR count). The normalized spacial score (nSPS) is 14.3. The first-order valence-corrected chi connectivity index (χ1v) is 12.3.